The Hall–Kier alpha value is -2.74. The van der Waals surface area contributed by atoms with Crippen LogP contribution >= 0.6 is 0 Å². The zero-order chi connectivity index (χ0) is 14.9. The lowest BCUT2D eigenvalue weighted by Crippen LogP contribution is -2.05. The first kappa shape index (κ1) is 13.0. The summed E-state index contributed by atoms with van der Waals surface area (Å²) < 4.78 is 11.7. The van der Waals surface area contributed by atoms with Gasteiger partial charge < -0.3 is 9.47 Å². The third kappa shape index (κ3) is 2.04. The van der Waals surface area contributed by atoms with E-state index in [9.17, 15) is 0 Å². The van der Waals surface area contributed by atoms with E-state index in [1.807, 2.05) is 42.5 Å². The van der Waals surface area contributed by atoms with Gasteiger partial charge in [0, 0.05) is 17.5 Å². The van der Waals surface area contributed by atoms with E-state index >= 15 is 0 Å². The minimum Gasteiger partial charge on any atom is -0.496 e. The zero-order valence-electron chi connectivity index (χ0n) is 12.4. The molecule has 0 saturated carbocycles. The van der Waals surface area contributed by atoms with Gasteiger partial charge in [0.2, 0.25) is 0 Å². The zero-order valence-corrected chi connectivity index (χ0v) is 12.4. The highest BCUT2D eigenvalue weighted by molar-refractivity contribution is 5.78. The lowest BCUT2D eigenvalue weighted by Gasteiger charge is -2.24. The van der Waals surface area contributed by atoms with Gasteiger partial charge in [0.15, 0.2) is 0 Å². The molecule has 3 aromatic rings. The molecule has 108 valence electrons. The normalized spacial score (nSPS) is 12.0. The van der Waals surface area contributed by atoms with Crippen molar-refractivity contribution in [3.05, 3.63) is 77.9 Å². The maximum atomic E-state index is 6.08. The fourth-order valence-corrected chi connectivity index (χ4v) is 3.03. The van der Waals surface area contributed by atoms with Crippen LogP contribution < -0.4 is 9.47 Å². The molecule has 22 heavy (non-hydrogen) atoms. The van der Waals surface area contributed by atoms with Gasteiger partial charge in [-0.25, -0.2) is 0 Å². The van der Waals surface area contributed by atoms with Gasteiger partial charge in [0.25, 0.3) is 0 Å². The first-order valence-corrected chi connectivity index (χ1v) is 7.38. The van der Waals surface area contributed by atoms with E-state index in [1.165, 1.54) is 11.1 Å². The van der Waals surface area contributed by atoms with Crippen molar-refractivity contribution < 1.29 is 9.47 Å². The number of hydrogen-bond donors (Lipinski definition) is 0. The third-order valence-electron chi connectivity index (χ3n) is 4.07. The van der Waals surface area contributed by atoms with Gasteiger partial charge >= 0.3 is 0 Å². The maximum Gasteiger partial charge on any atom is 0.131 e. The van der Waals surface area contributed by atoms with E-state index < -0.39 is 0 Å². The monoisotopic (exact) mass is 288 g/mol. The molecule has 3 aromatic carbocycles. The Morgan fingerprint density at radius 2 is 1.59 bits per heavy atom. The molecule has 0 fully saturated rings. The molecule has 0 radical (unpaired) electrons. The summed E-state index contributed by atoms with van der Waals surface area (Å²) in [5.41, 5.74) is 4.67. The minimum atomic E-state index is 0.854. The first-order valence-electron chi connectivity index (χ1n) is 7.38. The highest BCUT2D eigenvalue weighted by atomic mass is 16.5. The predicted molar refractivity (Wildman–Crippen MR) is 87.8 cm³/mol. The predicted octanol–water partition coefficient (Wildman–Crippen LogP) is 5.06. The van der Waals surface area contributed by atoms with Crippen LogP contribution in [-0.2, 0) is 6.42 Å². The van der Waals surface area contributed by atoms with Gasteiger partial charge in [-0.05, 0) is 29.3 Å². The highest BCUT2D eigenvalue weighted by Gasteiger charge is 2.22. The second-order valence-corrected chi connectivity index (χ2v) is 5.37. The number of para-hydroxylation sites is 1. The van der Waals surface area contributed by atoms with Crippen LogP contribution in [0.2, 0.25) is 0 Å². The van der Waals surface area contributed by atoms with Gasteiger partial charge in [-0.1, -0.05) is 48.5 Å². The van der Waals surface area contributed by atoms with Crippen LogP contribution in [0, 0.1) is 0 Å². The number of ether oxygens (including phenoxy) is 2. The lowest BCUT2D eigenvalue weighted by molar-refractivity contribution is 0.412. The van der Waals surface area contributed by atoms with Crippen LogP contribution in [0.5, 0.6) is 17.2 Å². The molecule has 0 spiro atoms. The Morgan fingerprint density at radius 1 is 0.818 bits per heavy atom. The maximum absolute atomic E-state index is 6.08. The Labute approximate surface area is 129 Å². The smallest absolute Gasteiger partial charge is 0.131 e. The fourth-order valence-electron chi connectivity index (χ4n) is 3.03. The van der Waals surface area contributed by atoms with Crippen molar-refractivity contribution in [1.82, 2.24) is 0 Å². The summed E-state index contributed by atoms with van der Waals surface area (Å²) in [6.07, 6.45) is 0.854. The molecule has 2 nitrogen and oxygen atoms in total. The standard InChI is InChI=1S/C20H16O2/c1-21-19-12-11-18-16(20(19)14-7-3-2-4-8-14)13-15-9-5-6-10-17(15)22-18/h2-12H,13H2,1H3. The lowest BCUT2D eigenvalue weighted by atomic mass is 9.91. The molecule has 0 bridgehead atoms. The molecule has 0 N–H and O–H groups in total. The summed E-state index contributed by atoms with van der Waals surface area (Å²) in [6.45, 7) is 0. The van der Waals surface area contributed by atoms with Crippen LogP contribution in [0.1, 0.15) is 11.1 Å². The molecule has 4 rings (SSSR count). The van der Waals surface area contributed by atoms with Crippen molar-refractivity contribution in [3.63, 3.8) is 0 Å². The van der Waals surface area contributed by atoms with Gasteiger partial charge in [-0.2, -0.15) is 0 Å². The number of hydrogen-bond acceptors (Lipinski definition) is 2. The van der Waals surface area contributed by atoms with Crippen LogP contribution in [0.4, 0.5) is 0 Å². The van der Waals surface area contributed by atoms with Crippen molar-refractivity contribution in [2.45, 2.75) is 6.42 Å². The molecule has 0 atom stereocenters. The number of methoxy groups -OCH3 is 1. The summed E-state index contributed by atoms with van der Waals surface area (Å²) in [4.78, 5) is 0. The van der Waals surface area contributed by atoms with Crippen LogP contribution in [0.25, 0.3) is 11.1 Å². The minimum absolute atomic E-state index is 0.854. The second-order valence-electron chi connectivity index (χ2n) is 5.37. The summed E-state index contributed by atoms with van der Waals surface area (Å²) in [6, 6.07) is 22.5. The third-order valence-corrected chi connectivity index (χ3v) is 4.07. The SMILES string of the molecule is COc1ccc2c(c1-c1ccccc1)Cc1ccccc1O2. The summed E-state index contributed by atoms with van der Waals surface area (Å²) in [5.74, 6) is 2.74. The summed E-state index contributed by atoms with van der Waals surface area (Å²) in [7, 11) is 1.71. The molecule has 0 amide bonds. The molecular weight excluding hydrogens is 272 g/mol. The Balaban J connectivity index is 1.92. The van der Waals surface area contributed by atoms with Gasteiger partial charge in [0.1, 0.15) is 17.2 Å². The number of benzene rings is 3. The first-order chi connectivity index (χ1) is 10.9. The van der Waals surface area contributed by atoms with Crippen molar-refractivity contribution in [2.24, 2.45) is 0 Å². The van der Waals surface area contributed by atoms with E-state index in [-0.39, 0.29) is 0 Å². The summed E-state index contributed by atoms with van der Waals surface area (Å²) in [5, 5.41) is 0. The van der Waals surface area contributed by atoms with Gasteiger partial charge in [-0.3, -0.25) is 0 Å². The highest BCUT2D eigenvalue weighted by Crippen LogP contribution is 2.45. The fraction of sp³-hybridized carbons (Fsp3) is 0.100. The average Bonchev–Trinajstić information content (AvgIpc) is 2.59. The number of rotatable bonds is 2. The number of fused-ring (bicyclic) bond motifs is 2. The Kier molecular flexibility index (Phi) is 3.08. The largest absolute Gasteiger partial charge is 0.496 e. The molecule has 0 aliphatic carbocycles. The van der Waals surface area contributed by atoms with Crippen molar-refractivity contribution >= 4 is 0 Å². The molecule has 2 heteroatoms. The summed E-state index contributed by atoms with van der Waals surface area (Å²) >= 11 is 0. The average molecular weight is 288 g/mol. The van der Waals surface area contributed by atoms with E-state index in [1.54, 1.807) is 7.11 Å². The van der Waals surface area contributed by atoms with Crippen LogP contribution in [-0.4, -0.2) is 7.11 Å². The topological polar surface area (TPSA) is 18.5 Å². The molecule has 1 aliphatic rings. The molecule has 1 heterocycles. The molecular formula is C20H16O2. The van der Waals surface area contributed by atoms with Crippen molar-refractivity contribution in [2.75, 3.05) is 7.11 Å². The molecule has 0 saturated heterocycles. The Bertz CT molecular complexity index is 822. The Morgan fingerprint density at radius 3 is 2.41 bits per heavy atom. The van der Waals surface area contributed by atoms with E-state index in [2.05, 4.69) is 24.3 Å². The van der Waals surface area contributed by atoms with E-state index in [0.717, 1.165) is 34.8 Å². The van der Waals surface area contributed by atoms with Crippen LogP contribution in [0.15, 0.2) is 66.7 Å². The molecule has 0 unspecified atom stereocenters. The van der Waals surface area contributed by atoms with Gasteiger partial charge in [0.05, 0.1) is 7.11 Å². The van der Waals surface area contributed by atoms with Gasteiger partial charge in [-0.15, -0.1) is 0 Å². The quantitative estimate of drug-likeness (QED) is 0.513. The van der Waals surface area contributed by atoms with Crippen molar-refractivity contribution in [3.8, 4) is 28.4 Å². The van der Waals surface area contributed by atoms with Crippen LogP contribution in [0.3, 0.4) is 0 Å². The van der Waals surface area contributed by atoms with E-state index in [0.29, 0.717) is 0 Å². The second kappa shape index (κ2) is 5.23. The molecule has 1 aliphatic heterocycles. The van der Waals surface area contributed by atoms with E-state index in [4.69, 9.17) is 9.47 Å². The molecule has 0 aromatic heterocycles. The van der Waals surface area contributed by atoms with Crippen molar-refractivity contribution in [1.29, 1.82) is 0 Å².